The van der Waals surface area contributed by atoms with Crippen LogP contribution in [-0.2, 0) is 0 Å². The zero-order valence-electron chi connectivity index (χ0n) is 12.7. The predicted octanol–water partition coefficient (Wildman–Crippen LogP) is 4.54. The number of methoxy groups -OCH3 is 1. The first-order valence-corrected chi connectivity index (χ1v) is 7.40. The van der Waals surface area contributed by atoms with Crippen molar-refractivity contribution in [2.24, 2.45) is 0 Å². The zero-order chi connectivity index (χ0) is 15.6. The van der Waals surface area contributed by atoms with Crippen LogP contribution in [0.4, 0.5) is 11.6 Å². The topological polar surface area (TPSA) is 47.0 Å². The maximum Gasteiger partial charge on any atom is 0.139 e. The van der Waals surface area contributed by atoms with Gasteiger partial charge in [-0.05, 0) is 35.7 Å². The molecule has 112 valence electrons. The van der Waals surface area contributed by atoms with E-state index in [1.807, 2.05) is 48.5 Å². The van der Waals surface area contributed by atoms with Gasteiger partial charge in [-0.15, -0.1) is 0 Å². The quantitative estimate of drug-likeness (QED) is 0.603. The fourth-order valence-electron chi connectivity index (χ4n) is 2.71. The summed E-state index contributed by atoms with van der Waals surface area (Å²) in [4.78, 5) is 9.09. The van der Waals surface area contributed by atoms with Crippen molar-refractivity contribution in [1.82, 2.24) is 9.97 Å². The SMILES string of the molecule is COc1cccc2nc(Nc3nccc4ccccc34)ccc12. The standard InChI is InChI=1S/C19H15N3O/c1-23-17-8-4-7-16-15(17)9-10-18(21-16)22-19-14-6-3-2-5-13(14)11-12-20-19/h2-12H,1H3,(H,20,21,22). The summed E-state index contributed by atoms with van der Waals surface area (Å²) in [5, 5.41) is 6.52. The third kappa shape index (κ3) is 2.44. The highest BCUT2D eigenvalue weighted by atomic mass is 16.5. The molecule has 4 rings (SSSR count). The summed E-state index contributed by atoms with van der Waals surface area (Å²) in [6.07, 6.45) is 1.80. The predicted molar refractivity (Wildman–Crippen MR) is 93.3 cm³/mol. The first kappa shape index (κ1) is 13.5. The van der Waals surface area contributed by atoms with Gasteiger partial charge in [0, 0.05) is 17.0 Å². The lowest BCUT2D eigenvalue weighted by molar-refractivity contribution is 0.420. The van der Waals surface area contributed by atoms with Crippen molar-refractivity contribution in [3.63, 3.8) is 0 Å². The Hall–Kier alpha value is -3.14. The molecule has 4 nitrogen and oxygen atoms in total. The number of aromatic nitrogens is 2. The molecule has 0 fully saturated rings. The highest BCUT2D eigenvalue weighted by Crippen LogP contribution is 2.27. The number of fused-ring (bicyclic) bond motifs is 2. The summed E-state index contributed by atoms with van der Waals surface area (Å²) in [6.45, 7) is 0. The van der Waals surface area contributed by atoms with Crippen molar-refractivity contribution in [1.29, 1.82) is 0 Å². The van der Waals surface area contributed by atoms with Crippen LogP contribution < -0.4 is 10.1 Å². The minimum absolute atomic E-state index is 0.759. The van der Waals surface area contributed by atoms with Gasteiger partial charge in [0.05, 0.1) is 12.6 Å². The molecular formula is C19H15N3O. The fraction of sp³-hybridized carbons (Fsp3) is 0.0526. The van der Waals surface area contributed by atoms with E-state index >= 15 is 0 Å². The van der Waals surface area contributed by atoms with Gasteiger partial charge in [0.2, 0.25) is 0 Å². The van der Waals surface area contributed by atoms with Gasteiger partial charge in [-0.1, -0.05) is 30.3 Å². The number of pyridine rings is 2. The number of anilines is 2. The molecule has 0 aliphatic rings. The van der Waals surface area contributed by atoms with Crippen LogP contribution in [0.25, 0.3) is 21.7 Å². The second-order valence-corrected chi connectivity index (χ2v) is 5.23. The van der Waals surface area contributed by atoms with Crippen molar-refractivity contribution in [2.45, 2.75) is 0 Å². The molecule has 23 heavy (non-hydrogen) atoms. The van der Waals surface area contributed by atoms with E-state index in [-0.39, 0.29) is 0 Å². The molecule has 0 amide bonds. The molecule has 4 heteroatoms. The Kier molecular flexibility index (Phi) is 3.27. The van der Waals surface area contributed by atoms with Gasteiger partial charge in [-0.25, -0.2) is 9.97 Å². The highest BCUT2D eigenvalue weighted by molar-refractivity contribution is 5.93. The Morgan fingerprint density at radius 1 is 0.870 bits per heavy atom. The Morgan fingerprint density at radius 2 is 1.78 bits per heavy atom. The first-order chi connectivity index (χ1) is 11.3. The molecule has 0 aliphatic carbocycles. The Bertz CT molecular complexity index is 993. The number of nitrogens with one attached hydrogen (secondary N) is 1. The average Bonchev–Trinajstić information content (AvgIpc) is 2.61. The number of hydrogen-bond donors (Lipinski definition) is 1. The summed E-state index contributed by atoms with van der Waals surface area (Å²) in [5.41, 5.74) is 0.884. The van der Waals surface area contributed by atoms with Crippen molar-refractivity contribution in [2.75, 3.05) is 12.4 Å². The fourth-order valence-corrected chi connectivity index (χ4v) is 2.71. The van der Waals surface area contributed by atoms with Crippen LogP contribution >= 0.6 is 0 Å². The molecule has 2 aromatic carbocycles. The molecule has 4 aromatic rings. The second-order valence-electron chi connectivity index (χ2n) is 5.23. The summed E-state index contributed by atoms with van der Waals surface area (Å²) >= 11 is 0. The van der Waals surface area contributed by atoms with Crippen molar-refractivity contribution in [3.8, 4) is 5.75 Å². The van der Waals surface area contributed by atoms with E-state index in [2.05, 4.69) is 27.4 Å². The van der Waals surface area contributed by atoms with E-state index in [4.69, 9.17) is 4.74 Å². The summed E-state index contributed by atoms with van der Waals surface area (Å²) in [7, 11) is 1.67. The lowest BCUT2D eigenvalue weighted by atomic mass is 10.1. The Balaban J connectivity index is 1.77. The summed E-state index contributed by atoms with van der Waals surface area (Å²) in [5.74, 6) is 2.39. The van der Waals surface area contributed by atoms with Crippen LogP contribution in [0.15, 0.2) is 66.9 Å². The Labute approximate surface area is 133 Å². The van der Waals surface area contributed by atoms with E-state index < -0.39 is 0 Å². The van der Waals surface area contributed by atoms with Crippen molar-refractivity contribution in [3.05, 3.63) is 66.9 Å². The molecular weight excluding hydrogens is 286 g/mol. The van der Waals surface area contributed by atoms with Gasteiger partial charge in [-0.2, -0.15) is 0 Å². The van der Waals surface area contributed by atoms with E-state index in [9.17, 15) is 0 Å². The van der Waals surface area contributed by atoms with Gasteiger partial charge in [0.1, 0.15) is 17.4 Å². The molecule has 0 aliphatic heterocycles. The monoisotopic (exact) mass is 301 g/mol. The van der Waals surface area contributed by atoms with Crippen LogP contribution in [0.5, 0.6) is 5.75 Å². The van der Waals surface area contributed by atoms with Crippen LogP contribution in [0.2, 0.25) is 0 Å². The maximum atomic E-state index is 5.37. The molecule has 0 bridgehead atoms. The van der Waals surface area contributed by atoms with Crippen molar-refractivity contribution >= 4 is 33.3 Å². The largest absolute Gasteiger partial charge is 0.496 e. The van der Waals surface area contributed by atoms with Gasteiger partial charge in [-0.3, -0.25) is 0 Å². The van der Waals surface area contributed by atoms with Gasteiger partial charge < -0.3 is 10.1 Å². The number of nitrogens with zero attached hydrogens (tertiary/aromatic N) is 2. The molecule has 0 unspecified atom stereocenters. The van der Waals surface area contributed by atoms with Crippen LogP contribution in [0.3, 0.4) is 0 Å². The lowest BCUT2D eigenvalue weighted by Gasteiger charge is -2.10. The van der Waals surface area contributed by atoms with Crippen LogP contribution in [0, 0.1) is 0 Å². The van der Waals surface area contributed by atoms with Crippen molar-refractivity contribution < 1.29 is 4.74 Å². The summed E-state index contributed by atoms with van der Waals surface area (Å²) in [6, 6.07) is 19.9. The van der Waals surface area contributed by atoms with E-state index in [0.717, 1.165) is 39.1 Å². The minimum atomic E-state index is 0.759. The molecule has 2 aromatic heterocycles. The number of rotatable bonds is 3. The maximum absolute atomic E-state index is 5.37. The molecule has 1 N–H and O–H groups in total. The second kappa shape index (κ2) is 5.57. The number of benzene rings is 2. The molecule has 0 saturated heterocycles. The van der Waals surface area contributed by atoms with E-state index in [1.165, 1.54) is 0 Å². The third-order valence-electron chi connectivity index (χ3n) is 3.83. The molecule has 0 radical (unpaired) electrons. The molecule has 0 atom stereocenters. The summed E-state index contributed by atoms with van der Waals surface area (Å²) < 4.78 is 5.37. The highest BCUT2D eigenvalue weighted by Gasteiger charge is 2.06. The third-order valence-corrected chi connectivity index (χ3v) is 3.83. The minimum Gasteiger partial charge on any atom is -0.496 e. The number of ether oxygens (including phenoxy) is 1. The van der Waals surface area contributed by atoms with Crippen LogP contribution in [0.1, 0.15) is 0 Å². The van der Waals surface area contributed by atoms with Gasteiger partial charge >= 0.3 is 0 Å². The van der Waals surface area contributed by atoms with E-state index in [0.29, 0.717) is 0 Å². The molecule has 0 saturated carbocycles. The zero-order valence-corrected chi connectivity index (χ0v) is 12.7. The first-order valence-electron chi connectivity index (χ1n) is 7.40. The Morgan fingerprint density at radius 3 is 2.70 bits per heavy atom. The van der Waals surface area contributed by atoms with Gasteiger partial charge in [0.15, 0.2) is 0 Å². The van der Waals surface area contributed by atoms with Gasteiger partial charge in [0.25, 0.3) is 0 Å². The lowest BCUT2D eigenvalue weighted by Crippen LogP contribution is -1.97. The smallest absolute Gasteiger partial charge is 0.139 e. The average molecular weight is 301 g/mol. The molecule has 0 spiro atoms. The number of hydrogen-bond acceptors (Lipinski definition) is 4. The normalized spacial score (nSPS) is 10.8. The molecule has 2 heterocycles. The van der Waals surface area contributed by atoms with Crippen LogP contribution in [-0.4, -0.2) is 17.1 Å². The van der Waals surface area contributed by atoms with E-state index in [1.54, 1.807) is 13.3 Å².